The minimum Gasteiger partial charge on any atom is -0.481 e. The van der Waals surface area contributed by atoms with Crippen LogP contribution in [0.1, 0.15) is 39.5 Å². The smallest absolute Gasteiger partial charge is 0.317 e. The molecule has 2 amide bonds. The predicted octanol–water partition coefficient (Wildman–Crippen LogP) is 1.54. The lowest BCUT2D eigenvalue weighted by Crippen LogP contribution is -2.39. The van der Waals surface area contributed by atoms with Gasteiger partial charge in [0.05, 0.1) is 0 Å². The van der Waals surface area contributed by atoms with Crippen molar-refractivity contribution in [2.45, 2.75) is 39.5 Å². The summed E-state index contributed by atoms with van der Waals surface area (Å²) >= 11 is 0. The SMILES string of the molecule is CC(C)C(CCNC(=O)N1CCC(CO)C1)CCC(=O)O. The van der Waals surface area contributed by atoms with Gasteiger partial charge in [0.1, 0.15) is 0 Å². The first-order chi connectivity index (χ1) is 9.93. The highest BCUT2D eigenvalue weighted by Gasteiger charge is 2.25. The topological polar surface area (TPSA) is 89.9 Å². The molecule has 0 saturated carbocycles. The first kappa shape index (κ1) is 17.8. The summed E-state index contributed by atoms with van der Waals surface area (Å²) in [6, 6.07) is -0.0771. The first-order valence-electron chi connectivity index (χ1n) is 7.79. The number of urea groups is 1. The minimum absolute atomic E-state index is 0.0771. The minimum atomic E-state index is -0.767. The number of carbonyl (C=O) groups excluding carboxylic acids is 1. The lowest BCUT2D eigenvalue weighted by Gasteiger charge is -2.22. The number of aliphatic hydroxyl groups excluding tert-OH is 1. The van der Waals surface area contributed by atoms with Gasteiger partial charge in [-0.1, -0.05) is 13.8 Å². The van der Waals surface area contributed by atoms with Gasteiger partial charge in [-0.3, -0.25) is 4.79 Å². The zero-order valence-electron chi connectivity index (χ0n) is 13.0. The summed E-state index contributed by atoms with van der Waals surface area (Å²) in [5.74, 6) is 0.156. The van der Waals surface area contributed by atoms with Crippen molar-refractivity contribution in [3.63, 3.8) is 0 Å². The average Bonchev–Trinajstić information content (AvgIpc) is 2.90. The van der Waals surface area contributed by atoms with Gasteiger partial charge in [0, 0.05) is 38.6 Å². The number of rotatable bonds is 8. The van der Waals surface area contributed by atoms with E-state index in [0.717, 1.165) is 12.8 Å². The Hall–Kier alpha value is -1.30. The van der Waals surface area contributed by atoms with Crippen LogP contribution in [-0.4, -0.2) is 53.4 Å². The van der Waals surface area contributed by atoms with Gasteiger partial charge in [0.25, 0.3) is 0 Å². The van der Waals surface area contributed by atoms with Crippen molar-refractivity contribution in [3.05, 3.63) is 0 Å². The molecule has 1 rings (SSSR count). The van der Waals surface area contributed by atoms with Crippen LogP contribution < -0.4 is 5.32 Å². The number of likely N-dealkylation sites (tertiary alicyclic amines) is 1. The molecule has 1 aliphatic heterocycles. The second kappa shape index (κ2) is 8.87. The second-order valence-corrected chi connectivity index (χ2v) is 6.24. The maximum atomic E-state index is 12.0. The van der Waals surface area contributed by atoms with Gasteiger partial charge in [-0.25, -0.2) is 4.79 Å². The third-order valence-electron chi connectivity index (χ3n) is 4.29. The lowest BCUT2D eigenvalue weighted by molar-refractivity contribution is -0.137. The van der Waals surface area contributed by atoms with E-state index in [0.29, 0.717) is 37.9 Å². The molecule has 1 heterocycles. The Bertz CT molecular complexity index is 347. The summed E-state index contributed by atoms with van der Waals surface area (Å²) in [4.78, 5) is 24.3. The van der Waals surface area contributed by atoms with E-state index in [4.69, 9.17) is 10.2 Å². The number of nitrogens with zero attached hydrogens (tertiary/aromatic N) is 1. The van der Waals surface area contributed by atoms with Crippen LogP contribution in [0.4, 0.5) is 4.79 Å². The number of carboxylic acid groups (broad SMARTS) is 1. The Morgan fingerprint density at radius 3 is 2.57 bits per heavy atom. The summed E-state index contributed by atoms with van der Waals surface area (Å²) < 4.78 is 0. The lowest BCUT2D eigenvalue weighted by atomic mass is 9.88. The normalized spacial score (nSPS) is 19.8. The fourth-order valence-electron chi connectivity index (χ4n) is 2.76. The van der Waals surface area contributed by atoms with Gasteiger partial charge in [-0.05, 0) is 31.1 Å². The molecule has 0 aromatic rings. The monoisotopic (exact) mass is 300 g/mol. The molecular formula is C15H28N2O4. The van der Waals surface area contributed by atoms with E-state index >= 15 is 0 Å². The third kappa shape index (κ3) is 6.33. The quantitative estimate of drug-likeness (QED) is 0.634. The average molecular weight is 300 g/mol. The van der Waals surface area contributed by atoms with E-state index in [9.17, 15) is 9.59 Å². The molecule has 0 bridgehead atoms. The van der Waals surface area contributed by atoms with E-state index in [2.05, 4.69) is 19.2 Å². The van der Waals surface area contributed by atoms with Crippen LogP contribution in [0.3, 0.4) is 0 Å². The van der Waals surface area contributed by atoms with Crippen molar-refractivity contribution in [2.75, 3.05) is 26.2 Å². The molecule has 3 N–H and O–H groups in total. The number of hydrogen-bond acceptors (Lipinski definition) is 3. The van der Waals surface area contributed by atoms with Crippen LogP contribution in [0.25, 0.3) is 0 Å². The molecule has 1 fully saturated rings. The summed E-state index contributed by atoms with van der Waals surface area (Å²) in [7, 11) is 0. The van der Waals surface area contributed by atoms with E-state index in [1.165, 1.54) is 0 Å². The highest BCUT2D eigenvalue weighted by molar-refractivity contribution is 5.74. The van der Waals surface area contributed by atoms with Gasteiger partial charge in [0.2, 0.25) is 0 Å². The number of nitrogens with one attached hydrogen (secondary N) is 1. The molecule has 6 heteroatoms. The van der Waals surface area contributed by atoms with Crippen molar-refractivity contribution < 1.29 is 19.8 Å². The van der Waals surface area contributed by atoms with Crippen molar-refractivity contribution in [3.8, 4) is 0 Å². The molecule has 0 aromatic carbocycles. The Kier molecular flexibility index (Phi) is 7.50. The van der Waals surface area contributed by atoms with Gasteiger partial charge < -0.3 is 20.4 Å². The van der Waals surface area contributed by atoms with Crippen molar-refractivity contribution >= 4 is 12.0 Å². The molecule has 1 aliphatic rings. The highest BCUT2D eigenvalue weighted by atomic mass is 16.4. The first-order valence-corrected chi connectivity index (χ1v) is 7.79. The molecular weight excluding hydrogens is 272 g/mol. The Labute approximate surface area is 126 Å². The molecule has 2 unspecified atom stereocenters. The van der Waals surface area contributed by atoms with Crippen molar-refractivity contribution in [2.24, 2.45) is 17.8 Å². The van der Waals surface area contributed by atoms with Crippen molar-refractivity contribution in [1.29, 1.82) is 0 Å². The van der Waals surface area contributed by atoms with E-state index < -0.39 is 5.97 Å². The molecule has 0 aromatic heterocycles. The number of carboxylic acids is 1. The summed E-state index contributed by atoms with van der Waals surface area (Å²) in [5, 5.41) is 20.7. The van der Waals surface area contributed by atoms with Gasteiger partial charge in [-0.2, -0.15) is 0 Å². The van der Waals surface area contributed by atoms with Gasteiger partial charge >= 0.3 is 12.0 Å². The number of hydrogen-bond donors (Lipinski definition) is 3. The largest absolute Gasteiger partial charge is 0.481 e. The van der Waals surface area contributed by atoms with E-state index in [-0.39, 0.29) is 25.0 Å². The second-order valence-electron chi connectivity index (χ2n) is 6.24. The van der Waals surface area contributed by atoms with Crippen LogP contribution in [0.15, 0.2) is 0 Å². The van der Waals surface area contributed by atoms with Crippen LogP contribution in [0.2, 0.25) is 0 Å². The maximum absolute atomic E-state index is 12.0. The van der Waals surface area contributed by atoms with Gasteiger partial charge in [-0.15, -0.1) is 0 Å². The Balaban J connectivity index is 2.26. The van der Waals surface area contributed by atoms with E-state index in [1.54, 1.807) is 4.90 Å². The molecule has 122 valence electrons. The van der Waals surface area contributed by atoms with Crippen LogP contribution >= 0.6 is 0 Å². The molecule has 21 heavy (non-hydrogen) atoms. The highest BCUT2D eigenvalue weighted by Crippen LogP contribution is 2.21. The zero-order chi connectivity index (χ0) is 15.8. The summed E-state index contributed by atoms with van der Waals surface area (Å²) in [6.45, 7) is 6.19. The molecule has 0 aliphatic carbocycles. The molecule has 0 radical (unpaired) electrons. The number of amides is 2. The fourth-order valence-corrected chi connectivity index (χ4v) is 2.76. The molecule has 2 atom stereocenters. The van der Waals surface area contributed by atoms with Crippen molar-refractivity contribution in [1.82, 2.24) is 10.2 Å². The number of aliphatic hydroxyl groups is 1. The Morgan fingerprint density at radius 2 is 2.05 bits per heavy atom. The third-order valence-corrected chi connectivity index (χ3v) is 4.29. The standard InChI is InChI=1S/C15H28N2O4/c1-11(2)13(3-4-14(19)20)5-7-16-15(21)17-8-6-12(9-17)10-18/h11-13,18H,3-10H2,1-2H3,(H,16,21)(H,19,20). The summed E-state index contributed by atoms with van der Waals surface area (Å²) in [6.07, 6.45) is 2.49. The molecule has 0 spiro atoms. The predicted molar refractivity (Wildman–Crippen MR) is 80.0 cm³/mol. The number of aliphatic carboxylic acids is 1. The maximum Gasteiger partial charge on any atom is 0.317 e. The van der Waals surface area contributed by atoms with Crippen LogP contribution in [0.5, 0.6) is 0 Å². The fraction of sp³-hybridized carbons (Fsp3) is 0.867. The number of carbonyl (C=O) groups is 2. The Morgan fingerprint density at radius 1 is 1.33 bits per heavy atom. The molecule has 1 saturated heterocycles. The van der Waals surface area contributed by atoms with Crippen LogP contribution in [0, 0.1) is 17.8 Å². The molecule has 6 nitrogen and oxygen atoms in total. The van der Waals surface area contributed by atoms with Crippen LogP contribution in [-0.2, 0) is 4.79 Å². The van der Waals surface area contributed by atoms with Gasteiger partial charge in [0.15, 0.2) is 0 Å². The van der Waals surface area contributed by atoms with E-state index in [1.807, 2.05) is 0 Å². The zero-order valence-corrected chi connectivity index (χ0v) is 13.0. The summed E-state index contributed by atoms with van der Waals surface area (Å²) in [5.41, 5.74) is 0.